The van der Waals surface area contributed by atoms with Crippen molar-refractivity contribution in [2.24, 2.45) is 0 Å². The van der Waals surface area contributed by atoms with Gasteiger partial charge in [-0.2, -0.15) is 0 Å². The van der Waals surface area contributed by atoms with Gasteiger partial charge in [0.1, 0.15) is 13.2 Å². The highest BCUT2D eigenvalue weighted by molar-refractivity contribution is 5.71. The average molecular weight is 883 g/mol. The van der Waals surface area contributed by atoms with E-state index in [1.807, 2.05) is 0 Å². The number of allylic oxidation sites excluding steroid dienone is 8. The molecule has 6 heteroatoms. The van der Waals surface area contributed by atoms with Gasteiger partial charge in [0, 0.05) is 19.3 Å². The summed E-state index contributed by atoms with van der Waals surface area (Å²) in [5.41, 5.74) is 0. The Kier molecular flexibility index (Phi) is 49.8. The number of carbonyl (C=O) groups is 3. The quantitative estimate of drug-likeness (QED) is 0.0262. The molecule has 0 amide bonds. The van der Waals surface area contributed by atoms with Crippen molar-refractivity contribution >= 4 is 17.9 Å². The van der Waals surface area contributed by atoms with Crippen molar-refractivity contribution in [3.63, 3.8) is 0 Å². The molecular formula is C57H102O6. The van der Waals surface area contributed by atoms with Gasteiger partial charge in [-0.1, -0.05) is 249 Å². The molecule has 0 unspecified atom stereocenters. The summed E-state index contributed by atoms with van der Waals surface area (Å²) in [5.74, 6) is -0.932. The van der Waals surface area contributed by atoms with Crippen LogP contribution in [0.2, 0.25) is 0 Å². The normalized spacial score (nSPS) is 12.4. The molecule has 0 aliphatic rings. The van der Waals surface area contributed by atoms with Gasteiger partial charge in [0.05, 0.1) is 0 Å². The van der Waals surface area contributed by atoms with E-state index in [0.717, 1.165) is 64.2 Å². The van der Waals surface area contributed by atoms with E-state index >= 15 is 0 Å². The fourth-order valence-electron chi connectivity index (χ4n) is 7.73. The maximum absolute atomic E-state index is 12.8. The maximum atomic E-state index is 12.8. The first kappa shape index (κ1) is 60.4. The van der Waals surface area contributed by atoms with E-state index < -0.39 is 6.10 Å². The minimum atomic E-state index is -0.790. The summed E-state index contributed by atoms with van der Waals surface area (Å²) in [6, 6.07) is 0. The molecule has 0 aromatic heterocycles. The number of esters is 3. The summed E-state index contributed by atoms with van der Waals surface area (Å²) in [4.78, 5) is 38.0. The molecule has 0 spiro atoms. The molecule has 0 saturated heterocycles. The number of carbonyl (C=O) groups excluding carboxylic acids is 3. The van der Waals surface area contributed by atoms with Crippen LogP contribution in [0, 0.1) is 0 Å². The van der Waals surface area contributed by atoms with E-state index in [1.165, 1.54) is 167 Å². The Morgan fingerprint density at radius 3 is 0.952 bits per heavy atom. The van der Waals surface area contributed by atoms with Crippen LogP contribution in [0.1, 0.15) is 278 Å². The minimum Gasteiger partial charge on any atom is -0.462 e. The zero-order valence-electron chi connectivity index (χ0n) is 41.8. The molecule has 1 atom stereocenters. The fourth-order valence-corrected chi connectivity index (χ4v) is 7.73. The summed E-state index contributed by atoms with van der Waals surface area (Å²) in [6.45, 7) is 6.59. The molecule has 0 heterocycles. The number of rotatable bonds is 49. The molecule has 0 N–H and O–H groups in total. The predicted octanol–water partition coefficient (Wildman–Crippen LogP) is 17.9. The van der Waals surface area contributed by atoms with Crippen molar-refractivity contribution in [2.45, 2.75) is 284 Å². The largest absolute Gasteiger partial charge is 0.462 e. The smallest absolute Gasteiger partial charge is 0.306 e. The highest BCUT2D eigenvalue weighted by Gasteiger charge is 2.19. The van der Waals surface area contributed by atoms with Crippen LogP contribution >= 0.6 is 0 Å². The average Bonchev–Trinajstić information content (AvgIpc) is 3.28. The lowest BCUT2D eigenvalue weighted by atomic mass is 10.0. The second kappa shape index (κ2) is 52.0. The molecule has 0 radical (unpaired) electrons. The van der Waals surface area contributed by atoms with Crippen LogP contribution in [0.15, 0.2) is 48.6 Å². The van der Waals surface area contributed by atoms with Gasteiger partial charge in [0.15, 0.2) is 6.10 Å². The van der Waals surface area contributed by atoms with Crippen LogP contribution in [0.25, 0.3) is 0 Å². The van der Waals surface area contributed by atoms with Gasteiger partial charge in [0.25, 0.3) is 0 Å². The Labute approximate surface area is 390 Å². The number of unbranched alkanes of at least 4 members (excludes halogenated alkanes) is 30. The van der Waals surface area contributed by atoms with Crippen molar-refractivity contribution in [3.8, 4) is 0 Å². The Morgan fingerprint density at radius 1 is 0.317 bits per heavy atom. The van der Waals surface area contributed by atoms with E-state index in [4.69, 9.17) is 14.2 Å². The SMILES string of the molecule is CCCCC/C=C/C/C=C/C/C=C/C/C=C/CCCC(=O)OC[C@@H](COC(=O)CCCCCCCCCCCCCCC)OC(=O)CCCCCCCCCCCCCCCCC. The Balaban J connectivity index is 4.43. The molecule has 0 rings (SSSR count). The molecule has 0 aliphatic heterocycles. The van der Waals surface area contributed by atoms with E-state index in [9.17, 15) is 14.4 Å². The number of ether oxygens (including phenoxy) is 3. The van der Waals surface area contributed by atoms with Crippen LogP contribution in [0.5, 0.6) is 0 Å². The van der Waals surface area contributed by atoms with Crippen LogP contribution in [-0.4, -0.2) is 37.2 Å². The molecule has 0 bridgehead atoms. The third-order valence-electron chi connectivity index (χ3n) is 11.8. The van der Waals surface area contributed by atoms with E-state index in [-0.39, 0.29) is 37.5 Å². The first-order valence-electron chi connectivity index (χ1n) is 27.1. The third-order valence-corrected chi connectivity index (χ3v) is 11.8. The van der Waals surface area contributed by atoms with Gasteiger partial charge >= 0.3 is 17.9 Å². The first-order valence-corrected chi connectivity index (χ1v) is 27.1. The monoisotopic (exact) mass is 883 g/mol. The Morgan fingerprint density at radius 2 is 0.587 bits per heavy atom. The second-order valence-electron chi connectivity index (χ2n) is 18.2. The molecule has 0 aliphatic carbocycles. The lowest BCUT2D eigenvalue weighted by molar-refractivity contribution is -0.167. The summed E-state index contributed by atoms with van der Waals surface area (Å²) < 4.78 is 16.8. The zero-order valence-corrected chi connectivity index (χ0v) is 41.8. The minimum absolute atomic E-state index is 0.0859. The zero-order chi connectivity index (χ0) is 45.8. The van der Waals surface area contributed by atoms with E-state index in [0.29, 0.717) is 19.3 Å². The van der Waals surface area contributed by atoms with Gasteiger partial charge in [-0.05, 0) is 57.8 Å². The molecule has 0 aromatic rings. The summed E-state index contributed by atoms with van der Waals surface area (Å²) in [5, 5.41) is 0. The second-order valence-corrected chi connectivity index (χ2v) is 18.2. The van der Waals surface area contributed by atoms with Crippen molar-refractivity contribution in [3.05, 3.63) is 48.6 Å². The lowest BCUT2D eigenvalue weighted by Gasteiger charge is -2.18. The van der Waals surface area contributed by atoms with E-state index in [1.54, 1.807) is 0 Å². The van der Waals surface area contributed by atoms with Gasteiger partial charge in [0.2, 0.25) is 0 Å². The van der Waals surface area contributed by atoms with Gasteiger partial charge in [-0.15, -0.1) is 0 Å². The van der Waals surface area contributed by atoms with Crippen molar-refractivity contribution in [1.82, 2.24) is 0 Å². The Bertz CT molecular complexity index is 1110. The third kappa shape index (κ3) is 50.2. The fraction of sp³-hybridized carbons (Fsp3) is 0.807. The molecule has 0 saturated carbocycles. The van der Waals surface area contributed by atoms with Crippen LogP contribution < -0.4 is 0 Å². The summed E-state index contributed by atoms with van der Waals surface area (Å²) >= 11 is 0. The van der Waals surface area contributed by atoms with Gasteiger partial charge < -0.3 is 14.2 Å². The maximum Gasteiger partial charge on any atom is 0.306 e. The van der Waals surface area contributed by atoms with Crippen LogP contribution in [-0.2, 0) is 28.6 Å². The van der Waals surface area contributed by atoms with Crippen LogP contribution in [0.3, 0.4) is 0 Å². The topological polar surface area (TPSA) is 78.9 Å². The van der Waals surface area contributed by atoms with Gasteiger partial charge in [-0.3, -0.25) is 14.4 Å². The highest BCUT2D eigenvalue weighted by atomic mass is 16.6. The summed E-state index contributed by atoms with van der Waals surface area (Å²) in [6.07, 6.45) is 62.4. The highest BCUT2D eigenvalue weighted by Crippen LogP contribution is 2.16. The summed E-state index contributed by atoms with van der Waals surface area (Å²) in [7, 11) is 0. The molecular weight excluding hydrogens is 781 g/mol. The molecule has 6 nitrogen and oxygen atoms in total. The van der Waals surface area contributed by atoms with Crippen molar-refractivity contribution in [2.75, 3.05) is 13.2 Å². The number of hydrogen-bond donors (Lipinski definition) is 0. The standard InChI is InChI=1S/C57H102O6/c1-4-7-10-13-16-19-22-25-27-28-30-32-35-38-41-44-47-50-56(59)62-53-54(52-61-55(58)49-46-43-40-37-34-31-24-21-18-15-12-9-6-3)63-57(60)51-48-45-42-39-36-33-29-26-23-20-17-14-11-8-5-2/h16,19,25,27,30,32,38,41,54H,4-15,17-18,20-24,26,28-29,31,33-37,39-40,42-53H2,1-3H3/b19-16+,27-25+,32-30+,41-38+/t54-/m1/s1. The molecule has 63 heavy (non-hydrogen) atoms. The van der Waals surface area contributed by atoms with Crippen LogP contribution in [0.4, 0.5) is 0 Å². The first-order chi connectivity index (χ1) is 31.0. The molecule has 0 aromatic carbocycles. The van der Waals surface area contributed by atoms with Crippen molar-refractivity contribution in [1.29, 1.82) is 0 Å². The molecule has 0 fully saturated rings. The van der Waals surface area contributed by atoms with Crippen molar-refractivity contribution < 1.29 is 28.6 Å². The van der Waals surface area contributed by atoms with Gasteiger partial charge in [-0.25, -0.2) is 0 Å². The Hall–Kier alpha value is -2.63. The predicted molar refractivity (Wildman–Crippen MR) is 270 cm³/mol. The van der Waals surface area contributed by atoms with E-state index in [2.05, 4.69) is 69.4 Å². The lowest BCUT2D eigenvalue weighted by Crippen LogP contribution is -2.30. The number of hydrogen-bond acceptors (Lipinski definition) is 6. The molecule has 366 valence electrons.